The number of H-pyrrole nitrogens is 1. The van der Waals surface area contributed by atoms with E-state index in [1.165, 1.54) is 11.1 Å². The number of nitrogen functional groups attached to an aromatic ring is 1. The maximum Gasteiger partial charge on any atom is 0.142 e. The lowest BCUT2D eigenvalue weighted by molar-refractivity contribution is 0.733. The summed E-state index contributed by atoms with van der Waals surface area (Å²) in [5.74, 6) is 0.652. The van der Waals surface area contributed by atoms with Crippen molar-refractivity contribution in [2.24, 2.45) is 0 Å². The molecule has 0 unspecified atom stereocenters. The molecule has 1 aliphatic heterocycles. The van der Waals surface area contributed by atoms with E-state index < -0.39 is 0 Å². The van der Waals surface area contributed by atoms with Crippen LogP contribution in [0.2, 0.25) is 0 Å². The number of nitrogens with two attached hydrogens (primary N) is 1. The summed E-state index contributed by atoms with van der Waals surface area (Å²) in [5.41, 5.74) is 9.67. The molecule has 0 aliphatic carbocycles. The van der Waals surface area contributed by atoms with Gasteiger partial charge in [-0.15, -0.1) is 0 Å². The molecule has 3 rings (SSSR count). The summed E-state index contributed by atoms with van der Waals surface area (Å²) in [5, 5.41) is 6.74. The second-order valence-corrected chi connectivity index (χ2v) is 4.11. The van der Waals surface area contributed by atoms with Crippen LogP contribution in [0.5, 0.6) is 0 Å². The van der Waals surface area contributed by atoms with Crippen LogP contribution in [-0.4, -0.2) is 16.7 Å². The second-order valence-electron chi connectivity index (χ2n) is 4.11. The first-order chi connectivity index (χ1) is 7.84. The van der Waals surface area contributed by atoms with E-state index in [0.29, 0.717) is 5.82 Å². The minimum absolute atomic E-state index is 0.652. The Morgan fingerprint density at radius 2 is 2.06 bits per heavy atom. The molecule has 0 spiro atoms. The van der Waals surface area contributed by atoms with Crippen LogP contribution >= 0.6 is 0 Å². The Morgan fingerprint density at radius 3 is 2.81 bits per heavy atom. The van der Waals surface area contributed by atoms with Crippen molar-refractivity contribution in [1.29, 1.82) is 0 Å². The second kappa shape index (κ2) is 3.56. The molecule has 1 aliphatic rings. The molecule has 4 heteroatoms. The maximum atomic E-state index is 5.83. The molecule has 82 valence electrons. The van der Waals surface area contributed by atoms with Gasteiger partial charge in [0.2, 0.25) is 0 Å². The highest BCUT2D eigenvalue weighted by Gasteiger charge is 2.18. The van der Waals surface area contributed by atoms with E-state index >= 15 is 0 Å². The molecule has 3 N–H and O–H groups in total. The SMILES string of the molecule is Nc1[nH]ncc1N1CCc2ccccc2C1. The van der Waals surface area contributed by atoms with Gasteiger partial charge in [0.1, 0.15) is 5.82 Å². The normalized spacial score (nSPS) is 14.9. The molecule has 0 saturated carbocycles. The van der Waals surface area contributed by atoms with Gasteiger partial charge in [-0.2, -0.15) is 5.10 Å². The zero-order chi connectivity index (χ0) is 11.0. The number of fused-ring (bicyclic) bond motifs is 1. The van der Waals surface area contributed by atoms with Crippen molar-refractivity contribution < 1.29 is 0 Å². The molecule has 0 atom stereocenters. The molecular formula is C12H14N4. The summed E-state index contributed by atoms with van der Waals surface area (Å²) >= 11 is 0. The van der Waals surface area contributed by atoms with Crippen molar-refractivity contribution in [2.75, 3.05) is 17.2 Å². The number of nitrogens with zero attached hydrogens (tertiary/aromatic N) is 2. The lowest BCUT2D eigenvalue weighted by Gasteiger charge is -2.29. The van der Waals surface area contributed by atoms with E-state index in [9.17, 15) is 0 Å². The van der Waals surface area contributed by atoms with Crippen LogP contribution in [0.15, 0.2) is 30.5 Å². The van der Waals surface area contributed by atoms with Gasteiger partial charge < -0.3 is 10.6 Å². The summed E-state index contributed by atoms with van der Waals surface area (Å²) < 4.78 is 0. The summed E-state index contributed by atoms with van der Waals surface area (Å²) in [6.07, 6.45) is 2.87. The van der Waals surface area contributed by atoms with E-state index in [0.717, 1.165) is 25.2 Å². The Bertz CT molecular complexity index is 503. The zero-order valence-corrected chi connectivity index (χ0v) is 8.98. The number of nitrogens with one attached hydrogen (secondary N) is 1. The Hall–Kier alpha value is -1.97. The largest absolute Gasteiger partial charge is 0.382 e. The molecule has 16 heavy (non-hydrogen) atoms. The van der Waals surface area contributed by atoms with Crippen LogP contribution in [-0.2, 0) is 13.0 Å². The third-order valence-corrected chi connectivity index (χ3v) is 3.12. The standard InChI is InChI=1S/C12H14N4/c13-12-11(7-14-15-12)16-6-5-9-3-1-2-4-10(9)8-16/h1-4,7H,5-6,8H2,(H3,13,14,15). The fourth-order valence-corrected chi connectivity index (χ4v) is 2.24. The quantitative estimate of drug-likeness (QED) is 0.757. The topological polar surface area (TPSA) is 57.9 Å². The minimum Gasteiger partial charge on any atom is -0.382 e. The molecule has 0 bridgehead atoms. The van der Waals surface area contributed by atoms with Gasteiger partial charge in [0.15, 0.2) is 0 Å². The van der Waals surface area contributed by atoms with E-state index in [1.54, 1.807) is 6.20 Å². The molecule has 1 aromatic heterocycles. The fraction of sp³-hybridized carbons (Fsp3) is 0.250. The van der Waals surface area contributed by atoms with Gasteiger partial charge in [0.05, 0.1) is 11.9 Å². The van der Waals surface area contributed by atoms with Crippen LogP contribution in [0.4, 0.5) is 11.5 Å². The zero-order valence-electron chi connectivity index (χ0n) is 8.98. The Kier molecular flexibility index (Phi) is 2.06. The van der Waals surface area contributed by atoms with Crippen molar-refractivity contribution >= 4 is 11.5 Å². The number of rotatable bonds is 1. The van der Waals surface area contributed by atoms with Crippen LogP contribution in [0.3, 0.4) is 0 Å². The van der Waals surface area contributed by atoms with Gasteiger partial charge in [0, 0.05) is 13.1 Å². The van der Waals surface area contributed by atoms with E-state index in [-0.39, 0.29) is 0 Å². The van der Waals surface area contributed by atoms with E-state index in [1.807, 2.05) is 0 Å². The van der Waals surface area contributed by atoms with Crippen LogP contribution in [0.25, 0.3) is 0 Å². The van der Waals surface area contributed by atoms with Crippen molar-refractivity contribution in [3.63, 3.8) is 0 Å². The number of hydrogen-bond donors (Lipinski definition) is 2. The van der Waals surface area contributed by atoms with E-state index in [4.69, 9.17) is 5.73 Å². The monoisotopic (exact) mass is 214 g/mol. The first-order valence-corrected chi connectivity index (χ1v) is 5.45. The highest BCUT2D eigenvalue weighted by molar-refractivity contribution is 5.63. The van der Waals surface area contributed by atoms with Crippen LogP contribution < -0.4 is 10.6 Å². The molecular weight excluding hydrogens is 200 g/mol. The molecule has 0 saturated heterocycles. The average molecular weight is 214 g/mol. The predicted octanol–water partition coefficient (Wildman–Crippen LogP) is 1.55. The Morgan fingerprint density at radius 1 is 1.25 bits per heavy atom. The third kappa shape index (κ3) is 1.43. The molecule has 2 heterocycles. The molecule has 1 aromatic carbocycles. The van der Waals surface area contributed by atoms with Gasteiger partial charge in [-0.05, 0) is 17.5 Å². The summed E-state index contributed by atoms with van der Waals surface area (Å²) in [7, 11) is 0. The number of aromatic nitrogens is 2. The lowest BCUT2D eigenvalue weighted by atomic mass is 10.00. The first kappa shape index (κ1) is 9.27. The lowest BCUT2D eigenvalue weighted by Crippen LogP contribution is -2.30. The van der Waals surface area contributed by atoms with Crippen LogP contribution in [0, 0.1) is 0 Å². The Labute approximate surface area is 94.1 Å². The van der Waals surface area contributed by atoms with Crippen LogP contribution in [0.1, 0.15) is 11.1 Å². The highest BCUT2D eigenvalue weighted by atomic mass is 15.2. The van der Waals surface area contributed by atoms with Crippen molar-refractivity contribution in [2.45, 2.75) is 13.0 Å². The average Bonchev–Trinajstić information content (AvgIpc) is 2.75. The van der Waals surface area contributed by atoms with Crippen molar-refractivity contribution in [3.05, 3.63) is 41.6 Å². The van der Waals surface area contributed by atoms with E-state index in [2.05, 4.69) is 39.4 Å². The number of aromatic amines is 1. The predicted molar refractivity (Wildman–Crippen MR) is 64.2 cm³/mol. The van der Waals surface area contributed by atoms with Crippen molar-refractivity contribution in [3.8, 4) is 0 Å². The fourth-order valence-electron chi connectivity index (χ4n) is 2.24. The highest BCUT2D eigenvalue weighted by Crippen LogP contribution is 2.26. The van der Waals surface area contributed by atoms with Crippen molar-refractivity contribution in [1.82, 2.24) is 10.2 Å². The van der Waals surface area contributed by atoms with Gasteiger partial charge in [0.25, 0.3) is 0 Å². The Balaban J connectivity index is 1.91. The molecule has 0 amide bonds. The molecule has 2 aromatic rings. The van der Waals surface area contributed by atoms with Gasteiger partial charge in [-0.25, -0.2) is 0 Å². The molecule has 0 fully saturated rings. The smallest absolute Gasteiger partial charge is 0.142 e. The third-order valence-electron chi connectivity index (χ3n) is 3.12. The van der Waals surface area contributed by atoms with Gasteiger partial charge in [-0.1, -0.05) is 24.3 Å². The van der Waals surface area contributed by atoms with Gasteiger partial charge >= 0.3 is 0 Å². The minimum atomic E-state index is 0.652. The molecule has 0 radical (unpaired) electrons. The summed E-state index contributed by atoms with van der Waals surface area (Å²) in [6, 6.07) is 8.56. The number of anilines is 2. The molecule has 4 nitrogen and oxygen atoms in total. The number of benzene rings is 1. The maximum absolute atomic E-state index is 5.83. The first-order valence-electron chi connectivity index (χ1n) is 5.45. The number of hydrogen-bond acceptors (Lipinski definition) is 3. The summed E-state index contributed by atoms with van der Waals surface area (Å²) in [4.78, 5) is 2.27. The summed E-state index contributed by atoms with van der Waals surface area (Å²) in [6.45, 7) is 1.92. The van der Waals surface area contributed by atoms with Gasteiger partial charge in [-0.3, -0.25) is 5.10 Å².